The fourth-order valence-corrected chi connectivity index (χ4v) is 4.79. The smallest absolute Gasteiger partial charge is 0.231 e. The average molecular weight is 423 g/mol. The number of carbonyl (C=O) groups is 2. The fourth-order valence-electron chi connectivity index (χ4n) is 4.79. The first-order valence-electron chi connectivity index (χ1n) is 11.4. The Morgan fingerprint density at radius 1 is 1.26 bits per heavy atom. The number of fused-ring (bicyclic) bond motifs is 1. The van der Waals surface area contributed by atoms with Crippen molar-refractivity contribution < 1.29 is 14.1 Å². The van der Waals surface area contributed by atoms with Crippen LogP contribution in [0.1, 0.15) is 70.2 Å². The second-order valence-corrected chi connectivity index (χ2v) is 9.98. The lowest BCUT2D eigenvalue weighted by Gasteiger charge is -2.31. The van der Waals surface area contributed by atoms with Crippen molar-refractivity contribution in [2.24, 2.45) is 5.41 Å². The Morgan fingerprint density at radius 3 is 2.68 bits per heavy atom. The molecule has 164 valence electrons. The van der Waals surface area contributed by atoms with Gasteiger partial charge in [-0.25, -0.2) is 0 Å². The summed E-state index contributed by atoms with van der Waals surface area (Å²) in [6.45, 7) is 7.75. The maximum absolute atomic E-state index is 12.5. The molecular formula is C24H30N4O3. The molecule has 3 aliphatic rings. The van der Waals surface area contributed by atoms with Crippen molar-refractivity contribution in [3.63, 3.8) is 0 Å². The van der Waals surface area contributed by atoms with Gasteiger partial charge in [0.1, 0.15) is 0 Å². The first-order valence-corrected chi connectivity index (χ1v) is 11.4. The van der Waals surface area contributed by atoms with Crippen molar-refractivity contribution in [2.75, 3.05) is 18.0 Å². The topological polar surface area (TPSA) is 79.5 Å². The molecule has 7 heteroatoms. The number of carbonyl (C=O) groups excluding carboxylic acids is 2. The molecule has 2 fully saturated rings. The van der Waals surface area contributed by atoms with Crippen LogP contribution in [0.3, 0.4) is 0 Å². The summed E-state index contributed by atoms with van der Waals surface area (Å²) in [5.74, 6) is 1.81. The number of aromatic nitrogens is 2. The van der Waals surface area contributed by atoms with Crippen LogP contribution < -0.4 is 4.90 Å². The van der Waals surface area contributed by atoms with E-state index in [4.69, 9.17) is 4.52 Å². The molecule has 1 saturated carbocycles. The van der Waals surface area contributed by atoms with Crippen LogP contribution in [0.15, 0.2) is 22.7 Å². The Hall–Kier alpha value is -2.70. The van der Waals surface area contributed by atoms with Gasteiger partial charge < -0.3 is 14.3 Å². The molecule has 0 spiro atoms. The highest BCUT2D eigenvalue weighted by Crippen LogP contribution is 2.48. The summed E-state index contributed by atoms with van der Waals surface area (Å²) in [6, 6.07) is 6.06. The van der Waals surface area contributed by atoms with Gasteiger partial charge in [-0.2, -0.15) is 4.98 Å². The molecule has 1 saturated heterocycles. The number of amides is 2. The highest BCUT2D eigenvalue weighted by Gasteiger charge is 2.40. The minimum absolute atomic E-state index is 0.111. The van der Waals surface area contributed by atoms with Crippen molar-refractivity contribution in [3.8, 4) is 11.4 Å². The molecule has 2 aromatic rings. The monoisotopic (exact) mass is 422 g/mol. The Kier molecular flexibility index (Phi) is 4.87. The molecule has 5 rings (SSSR count). The molecule has 2 amide bonds. The van der Waals surface area contributed by atoms with Gasteiger partial charge in [0.15, 0.2) is 0 Å². The van der Waals surface area contributed by atoms with Crippen LogP contribution in [0.25, 0.3) is 11.4 Å². The van der Waals surface area contributed by atoms with Crippen molar-refractivity contribution >= 4 is 17.5 Å². The van der Waals surface area contributed by atoms with E-state index in [9.17, 15) is 9.59 Å². The van der Waals surface area contributed by atoms with Gasteiger partial charge in [0.25, 0.3) is 0 Å². The predicted molar refractivity (Wildman–Crippen MR) is 117 cm³/mol. The predicted octanol–water partition coefficient (Wildman–Crippen LogP) is 3.93. The van der Waals surface area contributed by atoms with E-state index in [-0.39, 0.29) is 29.2 Å². The van der Waals surface area contributed by atoms with Crippen LogP contribution in [0.2, 0.25) is 0 Å². The third-order valence-corrected chi connectivity index (χ3v) is 7.05. The zero-order chi connectivity index (χ0) is 21.8. The van der Waals surface area contributed by atoms with Crippen molar-refractivity contribution in [2.45, 2.75) is 71.3 Å². The van der Waals surface area contributed by atoms with Crippen LogP contribution in [-0.4, -0.2) is 46.0 Å². The van der Waals surface area contributed by atoms with E-state index in [0.29, 0.717) is 24.6 Å². The Labute approximate surface area is 182 Å². The number of anilines is 1. The number of likely N-dealkylation sites (tertiary alicyclic amines) is 1. The van der Waals surface area contributed by atoms with E-state index in [2.05, 4.69) is 17.1 Å². The van der Waals surface area contributed by atoms with Gasteiger partial charge in [-0.15, -0.1) is 0 Å². The van der Waals surface area contributed by atoms with E-state index >= 15 is 0 Å². The van der Waals surface area contributed by atoms with Gasteiger partial charge in [0, 0.05) is 42.7 Å². The second kappa shape index (κ2) is 7.46. The first kappa shape index (κ1) is 20.2. The van der Waals surface area contributed by atoms with Crippen LogP contribution >= 0.6 is 0 Å². The fraction of sp³-hybridized carbons (Fsp3) is 0.583. The average Bonchev–Trinajstić information content (AvgIpc) is 3.15. The highest BCUT2D eigenvalue weighted by atomic mass is 16.5. The normalized spacial score (nSPS) is 20.5. The SMILES string of the molecule is CC(C)N1C(=O)Cc2ccc(-c3noc(C4CCN(C(=O)CC5(C)CC5)CC4)n3)cc21. The van der Waals surface area contributed by atoms with Gasteiger partial charge in [-0.1, -0.05) is 24.2 Å². The Morgan fingerprint density at radius 2 is 2.00 bits per heavy atom. The van der Waals surface area contributed by atoms with Gasteiger partial charge in [-0.05, 0) is 56.6 Å². The van der Waals surface area contributed by atoms with E-state index < -0.39 is 0 Å². The molecule has 1 aromatic carbocycles. The third-order valence-electron chi connectivity index (χ3n) is 7.05. The Bertz CT molecular complexity index is 1020. The summed E-state index contributed by atoms with van der Waals surface area (Å²) < 4.78 is 5.61. The van der Waals surface area contributed by atoms with Crippen LogP contribution in [0, 0.1) is 5.41 Å². The van der Waals surface area contributed by atoms with Crippen LogP contribution in [0.4, 0.5) is 5.69 Å². The number of nitrogens with zero attached hydrogens (tertiary/aromatic N) is 4. The standard InChI is InChI=1S/C24H30N4O3/c1-15(2)28-19-12-18(5-4-17(19)13-20(28)29)22-25-23(31-26-22)16-6-10-27(11-7-16)21(30)14-24(3)8-9-24/h4-5,12,15-16H,6-11,13-14H2,1-3H3. The molecule has 0 N–H and O–H groups in total. The number of hydrogen-bond acceptors (Lipinski definition) is 5. The van der Waals surface area contributed by atoms with Gasteiger partial charge in [0.05, 0.1) is 6.42 Å². The van der Waals surface area contributed by atoms with Gasteiger partial charge in [0.2, 0.25) is 23.5 Å². The maximum Gasteiger partial charge on any atom is 0.231 e. The molecule has 0 unspecified atom stereocenters. The minimum atomic E-state index is 0.111. The Balaban J connectivity index is 1.26. The zero-order valence-electron chi connectivity index (χ0n) is 18.6. The molecular weight excluding hydrogens is 392 g/mol. The zero-order valence-corrected chi connectivity index (χ0v) is 18.6. The molecule has 2 aliphatic heterocycles. The molecule has 1 aliphatic carbocycles. The summed E-state index contributed by atoms with van der Waals surface area (Å²) in [4.78, 5) is 33.4. The van der Waals surface area contributed by atoms with Gasteiger partial charge >= 0.3 is 0 Å². The summed E-state index contributed by atoms with van der Waals surface area (Å²) in [7, 11) is 0. The lowest BCUT2D eigenvalue weighted by Crippen LogP contribution is -2.38. The highest BCUT2D eigenvalue weighted by molar-refractivity contribution is 6.02. The first-order chi connectivity index (χ1) is 14.8. The number of benzene rings is 1. The number of rotatable bonds is 5. The van der Waals surface area contributed by atoms with Crippen molar-refractivity contribution in [1.82, 2.24) is 15.0 Å². The van der Waals surface area contributed by atoms with E-state index in [1.54, 1.807) is 0 Å². The summed E-state index contributed by atoms with van der Waals surface area (Å²) >= 11 is 0. The molecule has 0 atom stereocenters. The summed E-state index contributed by atoms with van der Waals surface area (Å²) in [6.07, 6.45) is 5.17. The molecule has 3 heterocycles. The lowest BCUT2D eigenvalue weighted by atomic mass is 9.95. The number of hydrogen-bond donors (Lipinski definition) is 0. The van der Waals surface area contributed by atoms with E-state index in [1.807, 2.05) is 41.8 Å². The summed E-state index contributed by atoms with van der Waals surface area (Å²) in [5, 5.41) is 4.22. The third kappa shape index (κ3) is 3.86. The minimum Gasteiger partial charge on any atom is -0.343 e. The maximum atomic E-state index is 12.5. The second-order valence-electron chi connectivity index (χ2n) is 9.98. The van der Waals surface area contributed by atoms with Crippen molar-refractivity contribution in [1.29, 1.82) is 0 Å². The molecule has 31 heavy (non-hydrogen) atoms. The summed E-state index contributed by atoms with van der Waals surface area (Å²) in [5.41, 5.74) is 3.10. The van der Waals surface area contributed by atoms with Crippen LogP contribution in [0.5, 0.6) is 0 Å². The number of piperidine rings is 1. The van der Waals surface area contributed by atoms with E-state index in [0.717, 1.165) is 42.7 Å². The van der Waals surface area contributed by atoms with Gasteiger partial charge in [-0.3, -0.25) is 9.59 Å². The van der Waals surface area contributed by atoms with Crippen molar-refractivity contribution in [3.05, 3.63) is 29.7 Å². The lowest BCUT2D eigenvalue weighted by molar-refractivity contribution is -0.133. The van der Waals surface area contributed by atoms with E-state index in [1.165, 1.54) is 12.8 Å². The molecule has 7 nitrogen and oxygen atoms in total. The van der Waals surface area contributed by atoms with Crippen LogP contribution in [-0.2, 0) is 16.0 Å². The molecule has 1 aromatic heterocycles. The largest absolute Gasteiger partial charge is 0.343 e. The molecule has 0 radical (unpaired) electrons. The quantitative estimate of drug-likeness (QED) is 0.729. The molecule has 0 bridgehead atoms.